The Morgan fingerprint density at radius 1 is 1.23 bits per heavy atom. The molecule has 1 aromatic carbocycles. The van der Waals surface area contributed by atoms with Crippen LogP contribution in [0.3, 0.4) is 0 Å². The Morgan fingerprint density at radius 2 is 1.96 bits per heavy atom. The van der Waals surface area contributed by atoms with E-state index in [1.807, 2.05) is 0 Å². The van der Waals surface area contributed by atoms with Crippen LogP contribution < -0.4 is 5.32 Å². The summed E-state index contributed by atoms with van der Waals surface area (Å²) in [6.45, 7) is 1.40. The van der Waals surface area contributed by atoms with Crippen molar-refractivity contribution in [3.8, 4) is 10.4 Å². The van der Waals surface area contributed by atoms with Crippen LogP contribution in [-0.2, 0) is 10.7 Å². The minimum absolute atomic E-state index is 0.131. The lowest BCUT2D eigenvalue weighted by molar-refractivity contribution is -0.138. The third kappa shape index (κ3) is 4.04. The number of nitrogens with zero attached hydrogens (tertiary/aromatic N) is 2. The number of aromatic nitrogens is 2. The maximum Gasteiger partial charge on any atom is 0.416 e. The molecular formula is C15H13F3N3O3PS. The van der Waals surface area contributed by atoms with Crippen LogP contribution in [0.4, 0.5) is 19.0 Å². The molecule has 0 amide bonds. The van der Waals surface area contributed by atoms with E-state index in [0.717, 1.165) is 6.07 Å². The summed E-state index contributed by atoms with van der Waals surface area (Å²) in [5.41, 5.74) is -0.198. The molecular weight excluding hydrogens is 390 g/mol. The maximum absolute atomic E-state index is 13.1. The average Bonchev–Trinajstić information content (AvgIpc) is 2.96. The standard InChI is InChI=1S/C15H13F3N3O3PS/c1-8-2-3-9(4-11(8)15(16,17)18)12-5-10-13(21-7-25(22,23)24)19-6-20-14(10)26-12/h2-6H,7H2,1H3,(H,19,20,21)(H2,22,23,24). The van der Waals surface area contributed by atoms with E-state index in [-0.39, 0.29) is 11.4 Å². The Morgan fingerprint density at radius 3 is 2.62 bits per heavy atom. The molecule has 6 nitrogen and oxygen atoms in total. The van der Waals surface area contributed by atoms with Gasteiger partial charge >= 0.3 is 13.8 Å². The molecule has 138 valence electrons. The van der Waals surface area contributed by atoms with Crippen LogP contribution in [0.25, 0.3) is 20.7 Å². The third-order valence-corrected chi connectivity index (χ3v) is 5.27. The Bertz CT molecular complexity index is 1020. The van der Waals surface area contributed by atoms with Gasteiger partial charge in [-0.15, -0.1) is 11.3 Å². The molecule has 0 bridgehead atoms. The van der Waals surface area contributed by atoms with Crippen LogP contribution in [0.5, 0.6) is 0 Å². The summed E-state index contributed by atoms with van der Waals surface area (Å²) in [6, 6.07) is 5.68. The van der Waals surface area contributed by atoms with Gasteiger partial charge in [0.25, 0.3) is 0 Å². The number of alkyl halides is 3. The van der Waals surface area contributed by atoms with Gasteiger partial charge in [-0.05, 0) is 30.2 Å². The number of nitrogens with one attached hydrogen (secondary N) is 1. The molecule has 3 N–H and O–H groups in total. The van der Waals surface area contributed by atoms with Gasteiger partial charge in [0.1, 0.15) is 23.3 Å². The number of halogens is 3. The van der Waals surface area contributed by atoms with Crippen molar-refractivity contribution in [2.75, 3.05) is 11.6 Å². The van der Waals surface area contributed by atoms with Crippen molar-refractivity contribution in [3.05, 3.63) is 41.7 Å². The largest absolute Gasteiger partial charge is 0.416 e. The summed E-state index contributed by atoms with van der Waals surface area (Å²) in [5, 5.41) is 3.03. The number of anilines is 1. The molecule has 0 atom stereocenters. The summed E-state index contributed by atoms with van der Waals surface area (Å²) >= 11 is 1.17. The van der Waals surface area contributed by atoms with Crippen molar-refractivity contribution in [1.82, 2.24) is 9.97 Å². The van der Waals surface area contributed by atoms with Crippen LogP contribution in [0.1, 0.15) is 11.1 Å². The molecule has 0 radical (unpaired) electrons. The second kappa shape index (κ2) is 6.62. The first kappa shape index (κ1) is 18.8. The number of rotatable bonds is 4. The number of benzene rings is 1. The van der Waals surface area contributed by atoms with Crippen molar-refractivity contribution in [2.45, 2.75) is 13.1 Å². The van der Waals surface area contributed by atoms with E-state index in [9.17, 15) is 17.7 Å². The maximum atomic E-state index is 13.1. The minimum atomic E-state index is -4.45. The molecule has 0 fully saturated rings. The van der Waals surface area contributed by atoms with Crippen molar-refractivity contribution >= 4 is 35.0 Å². The van der Waals surface area contributed by atoms with Crippen LogP contribution >= 0.6 is 18.9 Å². The molecule has 0 spiro atoms. The van der Waals surface area contributed by atoms with Gasteiger partial charge < -0.3 is 15.1 Å². The highest BCUT2D eigenvalue weighted by molar-refractivity contribution is 7.51. The predicted octanol–water partition coefficient (Wildman–Crippen LogP) is 4.23. The molecule has 0 unspecified atom stereocenters. The topological polar surface area (TPSA) is 95.3 Å². The van der Waals surface area contributed by atoms with E-state index in [1.54, 1.807) is 12.1 Å². The number of hydrogen-bond donors (Lipinski definition) is 3. The molecule has 0 aliphatic carbocycles. The van der Waals surface area contributed by atoms with Crippen LogP contribution in [-0.4, -0.2) is 26.0 Å². The Labute approximate surface area is 149 Å². The van der Waals surface area contributed by atoms with Gasteiger partial charge in [-0.1, -0.05) is 12.1 Å². The summed E-state index contributed by atoms with van der Waals surface area (Å²) in [4.78, 5) is 27.0. The van der Waals surface area contributed by atoms with Crippen LogP contribution in [0.2, 0.25) is 0 Å². The summed E-state index contributed by atoms with van der Waals surface area (Å²) < 4.78 is 50.4. The van der Waals surface area contributed by atoms with E-state index in [2.05, 4.69) is 15.3 Å². The molecule has 0 saturated heterocycles. The van der Waals surface area contributed by atoms with Gasteiger partial charge in [-0.25, -0.2) is 9.97 Å². The van der Waals surface area contributed by atoms with Gasteiger partial charge in [0.15, 0.2) is 0 Å². The molecule has 2 heterocycles. The first-order valence-electron chi connectivity index (χ1n) is 7.26. The molecule has 11 heteroatoms. The zero-order valence-corrected chi connectivity index (χ0v) is 15.0. The highest BCUT2D eigenvalue weighted by Crippen LogP contribution is 2.40. The van der Waals surface area contributed by atoms with Crippen LogP contribution in [0.15, 0.2) is 30.6 Å². The van der Waals surface area contributed by atoms with E-state index in [1.165, 1.54) is 30.7 Å². The lowest BCUT2D eigenvalue weighted by Crippen LogP contribution is -2.07. The second-order valence-corrected chi connectivity index (χ2v) is 8.26. The summed E-state index contributed by atoms with van der Waals surface area (Å²) in [6.07, 6.45) is -3.83. The van der Waals surface area contributed by atoms with Gasteiger partial charge in [-0.3, -0.25) is 4.57 Å². The number of hydrogen-bond acceptors (Lipinski definition) is 5. The average molecular weight is 403 g/mol. The quantitative estimate of drug-likeness (QED) is 0.565. The van der Waals surface area contributed by atoms with Crippen molar-refractivity contribution in [2.24, 2.45) is 0 Å². The van der Waals surface area contributed by atoms with Gasteiger partial charge in [0.05, 0.1) is 10.9 Å². The van der Waals surface area contributed by atoms with E-state index < -0.39 is 25.6 Å². The van der Waals surface area contributed by atoms with Crippen LogP contribution in [0, 0.1) is 6.92 Å². The fourth-order valence-electron chi connectivity index (χ4n) is 2.40. The second-order valence-electron chi connectivity index (χ2n) is 5.58. The Balaban J connectivity index is 2.04. The monoisotopic (exact) mass is 403 g/mol. The molecule has 3 aromatic rings. The SMILES string of the molecule is Cc1ccc(-c2cc3c(NCP(=O)(O)O)ncnc3s2)cc1C(F)(F)F. The fourth-order valence-corrected chi connectivity index (χ4v) is 3.75. The highest BCUT2D eigenvalue weighted by Gasteiger charge is 2.32. The molecule has 0 aliphatic rings. The smallest absolute Gasteiger partial charge is 0.358 e. The normalized spacial score (nSPS) is 12.5. The predicted molar refractivity (Wildman–Crippen MR) is 93.1 cm³/mol. The van der Waals surface area contributed by atoms with Gasteiger partial charge in [0.2, 0.25) is 0 Å². The Hall–Kier alpha value is -2.00. The van der Waals surface area contributed by atoms with E-state index >= 15 is 0 Å². The summed E-state index contributed by atoms with van der Waals surface area (Å²) in [5.74, 6) is 0.212. The number of fused-ring (bicyclic) bond motifs is 1. The zero-order valence-electron chi connectivity index (χ0n) is 13.3. The first-order chi connectivity index (χ1) is 12.0. The molecule has 2 aromatic heterocycles. The van der Waals surface area contributed by atoms with Crippen molar-refractivity contribution in [3.63, 3.8) is 0 Å². The molecule has 3 rings (SSSR count). The van der Waals surface area contributed by atoms with E-state index in [0.29, 0.717) is 20.7 Å². The third-order valence-electron chi connectivity index (χ3n) is 3.61. The fraction of sp³-hybridized carbons (Fsp3) is 0.200. The van der Waals surface area contributed by atoms with Gasteiger partial charge in [0, 0.05) is 4.88 Å². The van der Waals surface area contributed by atoms with E-state index in [4.69, 9.17) is 9.79 Å². The lowest BCUT2D eigenvalue weighted by atomic mass is 10.0. The summed E-state index contributed by atoms with van der Waals surface area (Å²) in [7, 11) is -4.28. The lowest BCUT2D eigenvalue weighted by Gasteiger charge is -2.11. The van der Waals surface area contributed by atoms with Crippen molar-refractivity contribution < 1.29 is 27.5 Å². The highest BCUT2D eigenvalue weighted by atomic mass is 32.1. The Kier molecular flexibility index (Phi) is 4.78. The van der Waals surface area contributed by atoms with Crippen molar-refractivity contribution in [1.29, 1.82) is 0 Å². The number of aryl methyl sites for hydroxylation is 1. The number of thiophene rings is 1. The first-order valence-corrected chi connectivity index (χ1v) is 9.87. The molecule has 26 heavy (non-hydrogen) atoms. The molecule has 0 saturated carbocycles. The van der Waals surface area contributed by atoms with Gasteiger partial charge in [-0.2, -0.15) is 13.2 Å². The zero-order chi connectivity index (χ0) is 19.1. The molecule has 0 aliphatic heterocycles. The minimum Gasteiger partial charge on any atom is -0.358 e.